The lowest BCUT2D eigenvalue weighted by Gasteiger charge is -2.13. The molecule has 0 saturated carbocycles. The molecule has 8 heteroatoms. The fourth-order valence-corrected chi connectivity index (χ4v) is 2.53. The summed E-state index contributed by atoms with van der Waals surface area (Å²) in [4.78, 5) is 16.3. The first-order chi connectivity index (χ1) is 13.0. The molecular formula is C19H22N6O2. The Morgan fingerprint density at radius 1 is 1.11 bits per heavy atom. The molecule has 0 radical (unpaired) electrons. The van der Waals surface area contributed by atoms with E-state index in [-0.39, 0.29) is 18.1 Å². The molecule has 140 valence electrons. The molecular weight excluding hydrogens is 344 g/mol. The van der Waals surface area contributed by atoms with Crippen LogP contribution in [-0.4, -0.2) is 43.0 Å². The van der Waals surface area contributed by atoms with Crippen molar-refractivity contribution in [2.75, 3.05) is 0 Å². The molecule has 0 saturated heterocycles. The van der Waals surface area contributed by atoms with Gasteiger partial charge in [0.05, 0.1) is 18.3 Å². The lowest BCUT2D eigenvalue weighted by Crippen LogP contribution is -2.35. The van der Waals surface area contributed by atoms with E-state index in [1.165, 1.54) is 6.33 Å². The van der Waals surface area contributed by atoms with Crippen molar-refractivity contribution >= 4 is 5.91 Å². The third kappa shape index (κ3) is 5.10. The minimum atomic E-state index is -0.138. The van der Waals surface area contributed by atoms with Crippen LogP contribution in [0.4, 0.5) is 0 Å². The van der Waals surface area contributed by atoms with Gasteiger partial charge in [-0.15, -0.1) is 10.2 Å². The first-order valence-electron chi connectivity index (χ1n) is 8.75. The number of rotatable bonds is 7. The molecule has 0 aliphatic rings. The van der Waals surface area contributed by atoms with Crippen molar-refractivity contribution in [3.8, 4) is 17.1 Å². The van der Waals surface area contributed by atoms with E-state index < -0.39 is 0 Å². The van der Waals surface area contributed by atoms with Crippen LogP contribution < -0.4 is 10.1 Å². The first-order valence-corrected chi connectivity index (χ1v) is 8.75. The molecule has 8 nitrogen and oxygen atoms in total. The molecule has 2 heterocycles. The van der Waals surface area contributed by atoms with E-state index in [0.717, 1.165) is 11.3 Å². The number of hydrogen-bond donors (Lipinski definition) is 1. The monoisotopic (exact) mass is 366 g/mol. The summed E-state index contributed by atoms with van der Waals surface area (Å²) in [5.41, 5.74) is 2.18. The van der Waals surface area contributed by atoms with Gasteiger partial charge in [0.15, 0.2) is 0 Å². The van der Waals surface area contributed by atoms with E-state index in [0.29, 0.717) is 18.0 Å². The van der Waals surface area contributed by atoms with Gasteiger partial charge in [-0.2, -0.15) is 5.10 Å². The fourth-order valence-electron chi connectivity index (χ4n) is 2.53. The van der Waals surface area contributed by atoms with Gasteiger partial charge in [-0.3, -0.25) is 9.48 Å². The number of carbonyl (C=O) groups is 1. The summed E-state index contributed by atoms with van der Waals surface area (Å²) in [5.74, 6) is 0.354. The summed E-state index contributed by atoms with van der Waals surface area (Å²) >= 11 is 0. The summed E-state index contributed by atoms with van der Waals surface area (Å²) in [7, 11) is 0. The maximum Gasteiger partial charge on any atom is 0.251 e. The predicted octanol–water partition coefficient (Wildman–Crippen LogP) is 2.34. The lowest BCUT2D eigenvalue weighted by atomic mass is 10.1. The van der Waals surface area contributed by atoms with Crippen molar-refractivity contribution in [3.63, 3.8) is 0 Å². The quantitative estimate of drug-likeness (QED) is 0.690. The average molecular weight is 366 g/mol. The second-order valence-electron chi connectivity index (χ2n) is 6.49. The van der Waals surface area contributed by atoms with Crippen molar-refractivity contribution in [1.82, 2.24) is 30.3 Å². The molecule has 27 heavy (non-hydrogen) atoms. The van der Waals surface area contributed by atoms with Crippen molar-refractivity contribution in [2.45, 2.75) is 39.5 Å². The average Bonchev–Trinajstić information content (AvgIpc) is 3.15. The molecule has 1 N–H and O–H groups in total. The first kappa shape index (κ1) is 18.5. The van der Waals surface area contributed by atoms with Crippen LogP contribution in [0.2, 0.25) is 0 Å². The summed E-state index contributed by atoms with van der Waals surface area (Å²) in [5, 5.41) is 15.2. The van der Waals surface area contributed by atoms with Gasteiger partial charge in [-0.05, 0) is 39.0 Å². The van der Waals surface area contributed by atoms with Crippen LogP contribution >= 0.6 is 0 Å². The highest BCUT2D eigenvalue weighted by Gasteiger charge is 2.11. The number of aromatic nitrogens is 5. The Kier molecular flexibility index (Phi) is 5.75. The van der Waals surface area contributed by atoms with E-state index in [4.69, 9.17) is 4.74 Å². The van der Waals surface area contributed by atoms with Gasteiger partial charge in [-0.1, -0.05) is 12.1 Å². The molecule has 1 aromatic carbocycles. The van der Waals surface area contributed by atoms with Gasteiger partial charge in [0.25, 0.3) is 5.91 Å². The molecule has 0 unspecified atom stereocenters. The summed E-state index contributed by atoms with van der Waals surface area (Å²) in [6.07, 6.45) is 3.14. The van der Waals surface area contributed by atoms with Crippen LogP contribution in [0.3, 0.4) is 0 Å². The molecule has 3 aromatic rings. The normalized spacial score (nSPS) is 12.0. The number of nitrogens with one attached hydrogen (secondary N) is 1. The Balaban J connectivity index is 1.61. The van der Waals surface area contributed by atoms with Crippen molar-refractivity contribution in [2.24, 2.45) is 0 Å². The van der Waals surface area contributed by atoms with Crippen molar-refractivity contribution < 1.29 is 9.53 Å². The third-order valence-electron chi connectivity index (χ3n) is 3.74. The molecule has 0 spiro atoms. The summed E-state index contributed by atoms with van der Waals surface area (Å²) in [6, 6.07) is 10.8. The fraction of sp³-hybridized carbons (Fsp3) is 0.316. The molecule has 1 atom stereocenters. The Bertz CT molecular complexity index is 860. The highest BCUT2D eigenvalue weighted by molar-refractivity contribution is 5.94. The van der Waals surface area contributed by atoms with Crippen molar-refractivity contribution in [1.29, 1.82) is 0 Å². The van der Waals surface area contributed by atoms with Crippen LogP contribution in [0.1, 0.15) is 31.1 Å². The van der Waals surface area contributed by atoms with Crippen LogP contribution in [0.15, 0.2) is 49.1 Å². The van der Waals surface area contributed by atoms with Gasteiger partial charge in [0, 0.05) is 23.2 Å². The van der Waals surface area contributed by atoms with E-state index in [2.05, 4.69) is 25.6 Å². The highest BCUT2D eigenvalue weighted by Crippen LogP contribution is 2.19. The molecule has 2 aromatic heterocycles. The molecule has 3 rings (SSSR count). The number of nitrogens with zero attached hydrogens (tertiary/aromatic N) is 5. The van der Waals surface area contributed by atoms with Crippen molar-refractivity contribution in [3.05, 3.63) is 54.6 Å². The minimum absolute atomic E-state index is 0.0508. The second-order valence-corrected chi connectivity index (χ2v) is 6.49. The van der Waals surface area contributed by atoms with Gasteiger partial charge in [0.1, 0.15) is 12.7 Å². The zero-order chi connectivity index (χ0) is 19.2. The second kappa shape index (κ2) is 8.39. The smallest absolute Gasteiger partial charge is 0.251 e. The number of hydrogen-bond acceptors (Lipinski definition) is 6. The van der Waals surface area contributed by atoms with Crippen LogP contribution in [0.25, 0.3) is 11.3 Å². The SMILES string of the molecule is CC(C)Oc1ccc(-c2ccc(C(=O)N[C@@H](C)Cn3cncn3)cc2)nn1. The number of ether oxygens (including phenoxy) is 1. The molecule has 0 aliphatic carbocycles. The summed E-state index contributed by atoms with van der Waals surface area (Å²) in [6.45, 7) is 6.35. The number of amides is 1. The molecule has 1 amide bonds. The zero-order valence-corrected chi connectivity index (χ0v) is 15.5. The Labute approximate surface area is 157 Å². The Hall–Kier alpha value is -3.29. The molecule has 0 bridgehead atoms. The lowest BCUT2D eigenvalue weighted by molar-refractivity contribution is 0.0936. The zero-order valence-electron chi connectivity index (χ0n) is 15.5. The van der Waals surface area contributed by atoms with Gasteiger partial charge < -0.3 is 10.1 Å². The van der Waals surface area contributed by atoms with E-state index in [1.54, 1.807) is 29.2 Å². The third-order valence-corrected chi connectivity index (χ3v) is 3.74. The predicted molar refractivity (Wildman–Crippen MR) is 100 cm³/mol. The molecule has 0 fully saturated rings. The highest BCUT2D eigenvalue weighted by atomic mass is 16.5. The maximum atomic E-state index is 12.4. The Morgan fingerprint density at radius 3 is 2.48 bits per heavy atom. The van der Waals surface area contributed by atoms with E-state index >= 15 is 0 Å². The topological polar surface area (TPSA) is 94.8 Å². The minimum Gasteiger partial charge on any atom is -0.474 e. The summed E-state index contributed by atoms with van der Waals surface area (Å²) < 4.78 is 7.17. The largest absolute Gasteiger partial charge is 0.474 e. The maximum absolute atomic E-state index is 12.4. The molecule has 0 aliphatic heterocycles. The van der Waals surface area contributed by atoms with Crippen LogP contribution in [0, 0.1) is 0 Å². The standard InChI is InChI=1S/C19H22N6O2/c1-13(2)27-18-9-8-17(23-24-18)15-4-6-16(7-5-15)19(26)22-14(3)10-25-12-20-11-21-25/h4-9,11-14H,10H2,1-3H3,(H,22,26)/t14-/m0/s1. The van der Waals surface area contributed by atoms with E-state index in [9.17, 15) is 4.79 Å². The Morgan fingerprint density at radius 2 is 1.89 bits per heavy atom. The van der Waals surface area contributed by atoms with Gasteiger partial charge in [0.2, 0.25) is 5.88 Å². The van der Waals surface area contributed by atoms with Gasteiger partial charge >= 0.3 is 0 Å². The number of benzene rings is 1. The van der Waals surface area contributed by atoms with E-state index in [1.807, 2.05) is 39.0 Å². The number of carbonyl (C=O) groups excluding carboxylic acids is 1. The van der Waals surface area contributed by atoms with Crippen LogP contribution in [0.5, 0.6) is 5.88 Å². The van der Waals surface area contributed by atoms with Gasteiger partial charge in [-0.25, -0.2) is 4.98 Å². The van der Waals surface area contributed by atoms with Crippen LogP contribution in [-0.2, 0) is 6.54 Å².